The molecule has 3 amide bonds. The summed E-state index contributed by atoms with van der Waals surface area (Å²) < 4.78 is 5.33. The molecule has 2 aromatic carbocycles. The molecule has 1 aliphatic rings. The molecule has 1 saturated heterocycles. The van der Waals surface area contributed by atoms with E-state index in [1.807, 2.05) is 35.2 Å². The van der Waals surface area contributed by atoms with Gasteiger partial charge in [-0.05, 0) is 63.4 Å². The quantitative estimate of drug-likeness (QED) is 0.355. The minimum absolute atomic E-state index is 0.0399. The van der Waals surface area contributed by atoms with Gasteiger partial charge in [0, 0.05) is 19.2 Å². The number of aliphatic imine (C=N–C) groups is 1. The maximum Gasteiger partial charge on any atom is 0.414 e. The van der Waals surface area contributed by atoms with Crippen LogP contribution in [-0.2, 0) is 20.9 Å². The highest BCUT2D eigenvalue weighted by Crippen LogP contribution is 2.32. The van der Waals surface area contributed by atoms with Gasteiger partial charge in [0.15, 0.2) is 0 Å². The van der Waals surface area contributed by atoms with E-state index in [0.29, 0.717) is 17.7 Å². The Morgan fingerprint density at radius 2 is 1.73 bits per heavy atom. The van der Waals surface area contributed by atoms with Crippen molar-refractivity contribution in [1.82, 2.24) is 10.6 Å². The average Bonchev–Trinajstić information content (AvgIpc) is 3.29. The fourth-order valence-corrected chi connectivity index (χ4v) is 4.49. The summed E-state index contributed by atoms with van der Waals surface area (Å²) in [5.74, 6) is -0.664. The Balaban J connectivity index is 1.81. The molecule has 3 rings (SSSR count). The van der Waals surface area contributed by atoms with Crippen LogP contribution in [0.4, 0.5) is 16.2 Å². The van der Waals surface area contributed by atoms with Crippen LogP contribution in [0, 0.1) is 0 Å². The second kappa shape index (κ2) is 12.3. The summed E-state index contributed by atoms with van der Waals surface area (Å²) in [6.45, 7) is 7.34. The van der Waals surface area contributed by atoms with Gasteiger partial charge in [-0.25, -0.2) is 9.79 Å². The Morgan fingerprint density at radius 1 is 1.08 bits per heavy atom. The van der Waals surface area contributed by atoms with E-state index in [-0.39, 0.29) is 34.4 Å². The fourth-order valence-electron chi connectivity index (χ4n) is 3.86. The number of carbonyl (C=O) groups excluding carboxylic acids is 3. The van der Waals surface area contributed by atoms with Crippen molar-refractivity contribution in [3.8, 4) is 0 Å². The second-order valence-electron chi connectivity index (χ2n) is 9.58. The predicted octanol–water partition coefficient (Wildman–Crippen LogP) is 5.12. The summed E-state index contributed by atoms with van der Waals surface area (Å²) in [4.78, 5) is 43.6. The van der Waals surface area contributed by atoms with Crippen LogP contribution in [0.25, 0.3) is 0 Å². The first-order chi connectivity index (χ1) is 17.4. The van der Waals surface area contributed by atoms with Gasteiger partial charge in [-0.3, -0.25) is 20.2 Å². The van der Waals surface area contributed by atoms with Crippen molar-refractivity contribution in [3.63, 3.8) is 0 Å². The Morgan fingerprint density at radius 3 is 2.32 bits per heavy atom. The van der Waals surface area contributed by atoms with Gasteiger partial charge in [0.25, 0.3) is 0 Å². The van der Waals surface area contributed by atoms with Crippen molar-refractivity contribution < 1.29 is 19.1 Å². The standard InChI is InChI=1S/C26H31Cl2N5O4/c1-16(34)30-22-19(27)13-17(14-20(22)28)15-29-24(32-25(36)37-26(2,3)4)31-23(35)21-11-8-12-33(21)18-9-6-5-7-10-18/h5-7,9-10,13-14,21H,8,11-12,15H2,1-4H3,(H,30,34)(H2,29,31,32,35,36). The molecule has 0 aliphatic carbocycles. The first-order valence-corrected chi connectivity index (χ1v) is 12.6. The number of benzene rings is 2. The van der Waals surface area contributed by atoms with Crippen LogP contribution in [0.5, 0.6) is 0 Å². The number of ether oxygens (including phenoxy) is 1. The topological polar surface area (TPSA) is 112 Å². The van der Waals surface area contributed by atoms with E-state index in [1.54, 1.807) is 32.9 Å². The third-order valence-electron chi connectivity index (χ3n) is 5.33. The van der Waals surface area contributed by atoms with E-state index in [0.717, 1.165) is 18.7 Å². The van der Waals surface area contributed by atoms with E-state index in [4.69, 9.17) is 27.9 Å². The van der Waals surface area contributed by atoms with Crippen molar-refractivity contribution in [2.45, 2.75) is 58.7 Å². The van der Waals surface area contributed by atoms with Crippen molar-refractivity contribution in [1.29, 1.82) is 0 Å². The van der Waals surface area contributed by atoms with Gasteiger partial charge in [0.05, 0.1) is 22.3 Å². The van der Waals surface area contributed by atoms with Gasteiger partial charge in [0.1, 0.15) is 11.6 Å². The van der Waals surface area contributed by atoms with E-state index < -0.39 is 17.7 Å². The summed E-state index contributed by atoms with van der Waals surface area (Å²) in [5.41, 5.74) is 1.11. The molecule has 1 atom stereocenters. The highest BCUT2D eigenvalue weighted by molar-refractivity contribution is 6.39. The molecule has 0 saturated carbocycles. The number of alkyl carbamates (subject to hydrolysis) is 1. The molecule has 2 aromatic rings. The summed E-state index contributed by atoms with van der Waals surface area (Å²) in [5, 5.41) is 8.34. The molecule has 1 aliphatic heterocycles. The second-order valence-corrected chi connectivity index (χ2v) is 10.4. The van der Waals surface area contributed by atoms with E-state index >= 15 is 0 Å². The monoisotopic (exact) mass is 547 g/mol. The zero-order chi connectivity index (χ0) is 27.2. The first kappa shape index (κ1) is 28.3. The molecule has 11 heteroatoms. The van der Waals surface area contributed by atoms with Gasteiger partial charge >= 0.3 is 6.09 Å². The molecule has 37 heavy (non-hydrogen) atoms. The normalized spacial score (nSPS) is 15.8. The van der Waals surface area contributed by atoms with Crippen molar-refractivity contribution >= 4 is 58.4 Å². The number of nitrogens with zero attached hydrogens (tertiary/aromatic N) is 2. The number of carbonyl (C=O) groups is 3. The van der Waals surface area contributed by atoms with Crippen LogP contribution < -0.4 is 20.9 Å². The van der Waals surface area contributed by atoms with Gasteiger partial charge < -0.3 is 15.0 Å². The summed E-state index contributed by atoms with van der Waals surface area (Å²) in [6.07, 6.45) is 0.766. The predicted molar refractivity (Wildman–Crippen MR) is 146 cm³/mol. The van der Waals surface area contributed by atoms with Crippen molar-refractivity contribution in [2.24, 2.45) is 4.99 Å². The number of para-hydroxylation sites is 1. The SMILES string of the molecule is CC(=O)Nc1c(Cl)cc(CN=C(NC(=O)OC(C)(C)C)NC(=O)C2CCCN2c2ccccc2)cc1Cl. The molecular formula is C26H31Cl2N5O4. The fraction of sp³-hybridized carbons (Fsp3) is 0.385. The van der Waals surface area contributed by atoms with E-state index in [9.17, 15) is 14.4 Å². The maximum atomic E-state index is 13.3. The third-order valence-corrected chi connectivity index (χ3v) is 5.92. The van der Waals surface area contributed by atoms with Crippen LogP contribution in [-0.4, -0.2) is 42.1 Å². The van der Waals surface area contributed by atoms with E-state index in [1.165, 1.54) is 6.92 Å². The van der Waals surface area contributed by atoms with Crippen LogP contribution in [0.1, 0.15) is 46.1 Å². The molecule has 1 heterocycles. The number of hydrogen-bond donors (Lipinski definition) is 3. The lowest BCUT2D eigenvalue weighted by molar-refractivity contribution is -0.120. The van der Waals surface area contributed by atoms with Crippen LogP contribution in [0.15, 0.2) is 47.5 Å². The molecule has 0 bridgehead atoms. The molecule has 0 spiro atoms. The molecule has 0 aromatic heterocycles. The largest absolute Gasteiger partial charge is 0.444 e. The first-order valence-electron chi connectivity index (χ1n) is 11.9. The minimum Gasteiger partial charge on any atom is -0.444 e. The van der Waals surface area contributed by atoms with Gasteiger partial charge in [-0.1, -0.05) is 41.4 Å². The van der Waals surface area contributed by atoms with Crippen molar-refractivity contribution in [2.75, 3.05) is 16.8 Å². The molecule has 0 radical (unpaired) electrons. The molecule has 1 unspecified atom stereocenters. The smallest absolute Gasteiger partial charge is 0.414 e. The van der Waals surface area contributed by atoms with Crippen LogP contribution >= 0.6 is 23.2 Å². The lowest BCUT2D eigenvalue weighted by Gasteiger charge is -2.26. The maximum absolute atomic E-state index is 13.3. The highest BCUT2D eigenvalue weighted by atomic mass is 35.5. The van der Waals surface area contributed by atoms with Crippen LogP contribution in [0.3, 0.4) is 0 Å². The Labute approximate surface area is 226 Å². The Kier molecular flexibility index (Phi) is 9.39. The number of amides is 3. The van der Waals surface area contributed by atoms with Gasteiger partial charge in [-0.2, -0.15) is 0 Å². The third kappa shape index (κ3) is 8.36. The Hall–Kier alpha value is -3.30. The number of rotatable bonds is 5. The average molecular weight is 548 g/mol. The number of halogens is 2. The zero-order valence-electron chi connectivity index (χ0n) is 21.2. The van der Waals surface area contributed by atoms with Crippen molar-refractivity contribution in [3.05, 3.63) is 58.1 Å². The number of nitrogens with one attached hydrogen (secondary N) is 3. The molecule has 1 fully saturated rings. The lowest BCUT2D eigenvalue weighted by atomic mass is 10.2. The summed E-state index contributed by atoms with van der Waals surface area (Å²) >= 11 is 12.6. The summed E-state index contributed by atoms with van der Waals surface area (Å²) in [7, 11) is 0. The van der Waals surface area contributed by atoms with Crippen LogP contribution in [0.2, 0.25) is 10.0 Å². The molecular weight excluding hydrogens is 517 g/mol. The zero-order valence-corrected chi connectivity index (χ0v) is 22.7. The lowest BCUT2D eigenvalue weighted by Crippen LogP contribution is -2.51. The highest BCUT2D eigenvalue weighted by Gasteiger charge is 2.32. The molecule has 3 N–H and O–H groups in total. The van der Waals surface area contributed by atoms with Gasteiger partial charge in [0.2, 0.25) is 17.8 Å². The summed E-state index contributed by atoms with van der Waals surface area (Å²) in [6, 6.07) is 12.5. The number of guanidine groups is 1. The minimum atomic E-state index is -0.755. The molecule has 9 nitrogen and oxygen atoms in total. The number of anilines is 2. The number of hydrogen-bond acceptors (Lipinski definition) is 6. The van der Waals surface area contributed by atoms with E-state index in [2.05, 4.69) is 20.9 Å². The molecule has 198 valence electrons. The Bertz CT molecular complexity index is 1160. The van der Waals surface area contributed by atoms with Gasteiger partial charge in [-0.15, -0.1) is 0 Å².